The van der Waals surface area contributed by atoms with Crippen LogP contribution in [-0.2, 0) is 4.79 Å². The standard InChI is InChI=1S/C17H14F4O3/c18-7-13(11-3-1-9(22)5-15(11)20)17(24)14(8-19)12-4-2-10(23)6-16(12)21/h1-6,13-14,22-23H,7-8H2. The summed E-state index contributed by atoms with van der Waals surface area (Å²) in [7, 11) is 0. The van der Waals surface area contributed by atoms with Gasteiger partial charge in [-0.25, -0.2) is 17.6 Å². The molecule has 0 bridgehead atoms. The first kappa shape index (κ1) is 17.8. The molecule has 0 saturated heterocycles. The van der Waals surface area contributed by atoms with Gasteiger partial charge >= 0.3 is 0 Å². The largest absolute Gasteiger partial charge is 0.508 e. The quantitative estimate of drug-likeness (QED) is 0.786. The first-order valence-electron chi connectivity index (χ1n) is 7.01. The third-order valence-electron chi connectivity index (χ3n) is 3.71. The van der Waals surface area contributed by atoms with Gasteiger partial charge in [-0.15, -0.1) is 0 Å². The number of hydrogen-bond acceptors (Lipinski definition) is 3. The second kappa shape index (κ2) is 7.33. The van der Waals surface area contributed by atoms with Crippen molar-refractivity contribution in [3.8, 4) is 11.5 Å². The lowest BCUT2D eigenvalue weighted by molar-refractivity contribution is -0.122. The number of benzene rings is 2. The number of halogens is 4. The van der Waals surface area contributed by atoms with Crippen molar-refractivity contribution in [2.45, 2.75) is 11.8 Å². The Balaban J connectivity index is 2.41. The Labute approximate surface area is 135 Å². The Morgan fingerprint density at radius 1 is 0.833 bits per heavy atom. The lowest BCUT2D eigenvalue weighted by Crippen LogP contribution is -2.25. The molecule has 2 N–H and O–H groups in total. The van der Waals surface area contributed by atoms with Gasteiger partial charge in [0.05, 0.1) is 11.8 Å². The van der Waals surface area contributed by atoms with Gasteiger partial charge in [-0.2, -0.15) is 0 Å². The van der Waals surface area contributed by atoms with E-state index < -0.39 is 54.1 Å². The summed E-state index contributed by atoms with van der Waals surface area (Å²) >= 11 is 0. The number of carbonyl (C=O) groups excluding carboxylic acids is 1. The first-order valence-corrected chi connectivity index (χ1v) is 7.01. The zero-order chi connectivity index (χ0) is 17.9. The minimum Gasteiger partial charge on any atom is -0.508 e. The van der Waals surface area contributed by atoms with Crippen LogP contribution in [0.15, 0.2) is 36.4 Å². The SMILES string of the molecule is O=C(C(CF)c1ccc(O)cc1F)C(CF)c1ccc(O)cc1F. The predicted octanol–water partition coefficient (Wildman–Crippen LogP) is 3.75. The maximum atomic E-state index is 13.9. The summed E-state index contributed by atoms with van der Waals surface area (Å²) in [5, 5.41) is 18.3. The predicted molar refractivity (Wildman–Crippen MR) is 78.6 cm³/mol. The van der Waals surface area contributed by atoms with Crippen molar-refractivity contribution in [2.24, 2.45) is 0 Å². The van der Waals surface area contributed by atoms with Crippen molar-refractivity contribution < 1.29 is 32.6 Å². The van der Waals surface area contributed by atoms with Crippen molar-refractivity contribution in [1.29, 1.82) is 0 Å². The molecular formula is C17H14F4O3. The lowest BCUT2D eigenvalue weighted by Gasteiger charge is -2.20. The van der Waals surface area contributed by atoms with Crippen LogP contribution in [0.5, 0.6) is 11.5 Å². The topological polar surface area (TPSA) is 57.5 Å². The third-order valence-corrected chi connectivity index (χ3v) is 3.71. The monoisotopic (exact) mass is 342 g/mol. The van der Waals surface area contributed by atoms with Gasteiger partial charge in [0, 0.05) is 23.3 Å². The normalized spacial score (nSPS) is 13.5. The first-order chi connectivity index (χ1) is 11.4. The zero-order valence-electron chi connectivity index (χ0n) is 12.3. The van der Waals surface area contributed by atoms with Gasteiger partial charge in [-0.05, 0) is 12.1 Å². The third kappa shape index (κ3) is 3.50. The average molecular weight is 342 g/mol. The van der Waals surface area contributed by atoms with Crippen molar-refractivity contribution in [2.75, 3.05) is 13.3 Å². The molecule has 0 saturated carbocycles. The maximum absolute atomic E-state index is 13.9. The van der Waals surface area contributed by atoms with E-state index >= 15 is 0 Å². The molecule has 3 nitrogen and oxygen atoms in total. The second-order valence-corrected chi connectivity index (χ2v) is 5.23. The van der Waals surface area contributed by atoms with Crippen molar-refractivity contribution in [3.05, 3.63) is 59.2 Å². The molecule has 7 heteroatoms. The molecule has 0 heterocycles. The average Bonchev–Trinajstić information content (AvgIpc) is 2.52. The smallest absolute Gasteiger partial charge is 0.153 e. The molecule has 0 aliphatic rings. The number of ketones is 1. The zero-order valence-corrected chi connectivity index (χ0v) is 12.3. The van der Waals surface area contributed by atoms with Crippen LogP contribution in [0.25, 0.3) is 0 Å². The Kier molecular flexibility index (Phi) is 5.43. The van der Waals surface area contributed by atoms with E-state index in [0.29, 0.717) is 12.1 Å². The molecule has 0 aliphatic heterocycles. The molecule has 2 aromatic rings. The molecule has 2 unspecified atom stereocenters. The molecule has 2 rings (SSSR count). The van der Waals surface area contributed by atoms with Crippen molar-refractivity contribution >= 4 is 5.78 Å². The minimum atomic E-state index is -1.64. The lowest BCUT2D eigenvalue weighted by atomic mass is 9.84. The highest BCUT2D eigenvalue weighted by atomic mass is 19.1. The highest BCUT2D eigenvalue weighted by molar-refractivity contribution is 5.92. The number of rotatable bonds is 6. The van der Waals surface area contributed by atoms with E-state index in [9.17, 15) is 32.6 Å². The van der Waals surface area contributed by atoms with Gasteiger partial charge in [0.15, 0.2) is 5.78 Å². The van der Waals surface area contributed by atoms with Gasteiger partial charge in [-0.1, -0.05) is 12.1 Å². The summed E-state index contributed by atoms with van der Waals surface area (Å²) in [5.74, 6) is -7.17. The fraction of sp³-hybridized carbons (Fsp3) is 0.235. The number of phenols is 2. The number of hydrogen-bond donors (Lipinski definition) is 2. The molecule has 0 spiro atoms. The molecule has 0 aromatic heterocycles. The Bertz CT molecular complexity index is 687. The van der Waals surface area contributed by atoms with Crippen LogP contribution in [0.2, 0.25) is 0 Å². The second-order valence-electron chi connectivity index (χ2n) is 5.23. The highest BCUT2D eigenvalue weighted by Gasteiger charge is 2.33. The van der Waals surface area contributed by atoms with Gasteiger partial charge in [0.1, 0.15) is 36.5 Å². The molecule has 128 valence electrons. The number of aromatic hydroxyl groups is 2. The highest BCUT2D eigenvalue weighted by Crippen LogP contribution is 2.32. The van der Waals surface area contributed by atoms with E-state index in [2.05, 4.69) is 0 Å². The van der Waals surface area contributed by atoms with Crippen LogP contribution >= 0.6 is 0 Å². The Morgan fingerprint density at radius 2 is 1.21 bits per heavy atom. The van der Waals surface area contributed by atoms with E-state index in [0.717, 1.165) is 24.3 Å². The Morgan fingerprint density at radius 3 is 1.50 bits per heavy atom. The fourth-order valence-corrected chi connectivity index (χ4v) is 2.46. The van der Waals surface area contributed by atoms with Crippen molar-refractivity contribution in [1.82, 2.24) is 0 Å². The van der Waals surface area contributed by atoms with Gasteiger partial charge in [-0.3, -0.25) is 4.79 Å². The van der Waals surface area contributed by atoms with E-state index in [4.69, 9.17) is 0 Å². The number of phenolic OH excluding ortho intramolecular Hbond substituents is 2. The van der Waals surface area contributed by atoms with E-state index in [1.165, 1.54) is 0 Å². The summed E-state index contributed by atoms with van der Waals surface area (Å²) in [6.45, 7) is -2.62. The molecule has 2 atom stereocenters. The van der Waals surface area contributed by atoms with Crippen LogP contribution in [0.1, 0.15) is 23.0 Å². The van der Waals surface area contributed by atoms with E-state index in [1.807, 2.05) is 0 Å². The van der Waals surface area contributed by atoms with Crippen LogP contribution in [0.4, 0.5) is 17.6 Å². The van der Waals surface area contributed by atoms with E-state index in [-0.39, 0.29) is 11.1 Å². The number of Topliss-reactive ketones (excluding diaryl/α,β-unsaturated/α-hetero) is 1. The van der Waals surface area contributed by atoms with Gasteiger partial charge < -0.3 is 10.2 Å². The van der Waals surface area contributed by atoms with Crippen molar-refractivity contribution in [3.63, 3.8) is 0 Å². The maximum Gasteiger partial charge on any atom is 0.153 e. The molecule has 2 aromatic carbocycles. The molecule has 0 amide bonds. The summed E-state index contributed by atoms with van der Waals surface area (Å²) < 4.78 is 54.4. The Hall–Kier alpha value is -2.57. The summed E-state index contributed by atoms with van der Waals surface area (Å²) in [6, 6.07) is 5.60. The van der Waals surface area contributed by atoms with E-state index in [1.54, 1.807) is 0 Å². The minimum absolute atomic E-state index is 0.349. The molecular weight excluding hydrogens is 328 g/mol. The molecule has 0 aliphatic carbocycles. The van der Waals surface area contributed by atoms with Gasteiger partial charge in [0.25, 0.3) is 0 Å². The summed E-state index contributed by atoms with van der Waals surface area (Å²) in [5.41, 5.74) is -0.698. The van der Waals surface area contributed by atoms with Gasteiger partial charge in [0.2, 0.25) is 0 Å². The number of alkyl halides is 2. The summed E-state index contributed by atoms with van der Waals surface area (Å²) in [4.78, 5) is 12.4. The molecule has 0 fully saturated rings. The van der Waals surface area contributed by atoms with Crippen LogP contribution < -0.4 is 0 Å². The van der Waals surface area contributed by atoms with Crippen LogP contribution in [-0.4, -0.2) is 29.3 Å². The molecule has 24 heavy (non-hydrogen) atoms. The number of carbonyl (C=O) groups is 1. The fourth-order valence-electron chi connectivity index (χ4n) is 2.46. The van der Waals surface area contributed by atoms with Crippen LogP contribution in [0, 0.1) is 11.6 Å². The summed E-state index contributed by atoms with van der Waals surface area (Å²) in [6.07, 6.45) is 0. The van der Waals surface area contributed by atoms with Crippen LogP contribution in [0.3, 0.4) is 0 Å². The molecule has 0 radical (unpaired) electrons.